The Bertz CT molecular complexity index is 1020. The number of hydrogen-bond donors (Lipinski definition) is 1. The Morgan fingerprint density at radius 1 is 1.03 bits per heavy atom. The lowest BCUT2D eigenvalue weighted by molar-refractivity contribution is -0.123. The summed E-state index contributed by atoms with van der Waals surface area (Å²) in [5.74, 6) is -1.26. The molecule has 31 heavy (non-hydrogen) atoms. The molecule has 0 bridgehead atoms. The molecule has 2 rings (SSSR count). The molecule has 0 spiro atoms. The Kier molecular flexibility index (Phi) is 8.18. The van der Waals surface area contributed by atoms with Crippen molar-refractivity contribution >= 4 is 33.3 Å². The van der Waals surface area contributed by atoms with Gasteiger partial charge in [0, 0.05) is 38.6 Å². The average molecular weight is 448 g/mol. The molecule has 1 amide bonds. The first-order chi connectivity index (χ1) is 14.6. The summed E-state index contributed by atoms with van der Waals surface area (Å²) in [7, 11) is 0.119. The number of benzene rings is 2. The molecule has 0 saturated carbocycles. The molecular weight excluding hydrogens is 418 g/mol. The molecule has 9 heteroatoms. The van der Waals surface area contributed by atoms with Crippen LogP contribution >= 0.6 is 0 Å². The predicted molar refractivity (Wildman–Crippen MR) is 121 cm³/mol. The van der Waals surface area contributed by atoms with Crippen molar-refractivity contribution in [3.8, 4) is 0 Å². The Morgan fingerprint density at radius 3 is 2.19 bits per heavy atom. The summed E-state index contributed by atoms with van der Waals surface area (Å²) in [4.78, 5) is 26.8. The molecule has 2 aromatic carbocycles. The van der Waals surface area contributed by atoms with Crippen LogP contribution in [0.3, 0.4) is 0 Å². The van der Waals surface area contributed by atoms with Crippen LogP contribution < -0.4 is 10.2 Å². The van der Waals surface area contributed by atoms with Crippen LogP contribution in [0.2, 0.25) is 0 Å². The predicted octanol–water partition coefficient (Wildman–Crippen LogP) is 2.97. The molecule has 0 fully saturated rings. The maximum absolute atomic E-state index is 12.7. The van der Waals surface area contributed by atoms with Gasteiger partial charge in [0.05, 0.1) is 10.5 Å². The van der Waals surface area contributed by atoms with Crippen molar-refractivity contribution in [1.29, 1.82) is 0 Å². The highest BCUT2D eigenvalue weighted by molar-refractivity contribution is 7.89. The summed E-state index contributed by atoms with van der Waals surface area (Å²) in [6.07, 6.45) is -1.07. The molecule has 0 aliphatic heterocycles. The van der Waals surface area contributed by atoms with Crippen molar-refractivity contribution in [3.63, 3.8) is 0 Å². The van der Waals surface area contributed by atoms with E-state index in [1.165, 1.54) is 35.5 Å². The second-order valence-electron chi connectivity index (χ2n) is 7.10. The minimum atomic E-state index is -3.71. The third-order valence-electron chi connectivity index (χ3n) is 4.72. The van der Waals surface area contributed by atoms with Crippen LogP contribution in [0.5, 0.6) is 0 Å². The highest BCUT2D eigenvalue weighted by Crippen LogP contribution is 2.19. The van der Waals surface area contributed by atoms with Gasteiger partial charge in [0.2, 0.25) is 10.0 Å². The second-order valence-corrected chi connectivity index (χ2v) is 9.03. The number of carbonyl (C=O) groups is 2. The van der Waals surface area contributed by atoms with Gasteiger partial charge in [-0.2, -0.15) is 4.31 Å². The number of sulfonamides is 1. The summed E-state index contributed by atoms with van der Waals surface area (Å²) in [6.45, 7) is 5.58. The number of ether oxygens (including phenoxy) is 1. The van der Waals surface area contributed by atoms with Crippen LogP contribution in [0.15, 0.2) is 53.4 Å². The number of esters is 1. The lowest BCUT2D eigenvalue weighted by Gasteiger charge is -2.19. The maximum atomic E-state index is 12.7. The van der Waals surface area contributed by atoms with E-state index in [1.54, 1.807) is 26.0 Å². The van der Waals surface area contributed by atoms with Gasteiger partial charge in [0.25, 0.3) is 5.91 Å². The fourth-order valence-electron chi connectivity index (χ4n) is 2.87. The molecule has 1 N–H and O–H groups in total. The lowest BCUT2D eigenvalue weighted by atomic mass is 10.2. The van der Waals surface area contributed by atoms with E-state index in [4.69, 9.17) is 4.74 Å². The molecule has 0 aliphatic rings. The highest BCUT2D eigenvalue weighted by atomic mass is 32.2. The van der Waals surface area contributed by atoms with Gasteiger partial charge in [0.15, 0.2) is 6.10 Å². The topological polar surface area (TPSA) is 96.0 Å². The van der Waals surface area contributed by atoms with Crippen molar-refractivity contribution in [2.75, 3.05) is 37.4 Å². The third kappa shape index (κ3) is 6.05. The van der Waals surface area contributed by atoms with E-state index in [2.05, 4.69) is 5.32 Å². The molecule has 2 aromatic rings. The van der Waals surface area contributed by atoms with E-state index in [0.717, 1.165) is 5.69 Å². The molecule has 0 heterocycles. The van der Waals surface area contributed by atoms with Crippen LogP contribution in [-0.4, -0.2) is 57.9 Å². The second kappa shape index (κ2) is 10.4. The molecular formula is C22H29N3O5S. The van der Waals surface area contributed by atoms with E-state index < -0.39 is 28.0 Å². The summed E-state index contributed by atoms with van der Waals surface area (Å²) in [5.41, 5.74) is 1.62. The van der Waals surface area contributed by atoms with Crippen LogP contribution in [0.25, 0.3) is 0 Å². The van der Waals surface area contributed by atoms with Gasteiger partial charge < -0.3 is 15.0 Å². The lowest BCUT2D eigenvalue weighted by Crippen LogP contribution is -2.31. The first-order valence-electron chi connectivity index (χ1n) is 9.99. The number of nitrogens with one attached hydrogen (secondary N) is 1. The number of anilines is 2. The molecule has 0 aliphatic carbocycles. The van der Waals surface area contributed by atoms with Gasteiger partial charge >= 0.3 is 5.97 Å². The van der Waals surface area contributed by atoms with Crippen LogP contribution in [0.4, 0.5) is 11.4 Å². The molecule has 1 atom stereocenters. The van der Waals surface area contributed by atoms with Crippen molar-refractivity contribution in [2.45, 2.75) is 31.8 Å². The summed E-state index contributed by atoms with van der Waals surface area (Å²) >= 11 is 0. The van der Waals surface area contributed by atoms with Crippen molar-refractivity contribution < 1.29 is 22.7 Å². The quantitative estimate of drug-likeness (QED) is 0.594. The van der Waals surface area contributed by atoms with E-state index in [0.29, 0.717) is 18.8 Å². The van der Waals surface area contributed by atoms with Gasteiger partial charge in [-0.3, -0.25) is 4.79 Å². The van der Waals surface area contributed by atoms with Gasteiger partial charge in [0.1, 0.15) is 0 Å². The fraction of sp³-hybridized carbons (Fsp3) is 0.364. The van der Waals surface area contributed by atoms with Crippen LogP contribution in [0, 0.1) is 0 Å². The first kappa shape index (κ1) is 24.4. The molecule has 0 aromatic heterocycles. The highest BCUT2D eigenvalue weighted by Gasteiger charge is 2.24. The molecule has 0 unspecified atom stereocenters. The van der Waals surface area contributed by atoms with E-state index in [9.17, 15) is 18.0 Å². The zero-order valence-electron chi connectivity index (χ0n) is 18.5. The molecule has 0 radical (unpaired) electrons. The summed E-state index contributed by atoms with van der Waals surface area (Å²) in [6, 6.07) is 12.8. The number of nitrogens with zero attached hydrogens (tertiary/aromatic N) is 2. The Balaban J connectivity index is 2.08. The third-order valence-corrected chi connectivity index (χ3v) is 6.76. The zero-order valence-corrected chi connectivity index (χ0v) is 19.3. The minimum absolute atomic E-state index is 0.00346. The van der Waals surface area contributed by atoms with Gasteiger partial charge in [-0.15, -0.1) is 0 Å². The van der Waals surface area contributed by atoms with E-state index in [1.807, 2.05) is 31.1 Å². The van der Waals surface area contributed by atoms with E-state index in [-0.39, 0.29) is 10.5 Å². The number of hydrogen-bond acceptors (Lipinski definition) is 6. The summed E-state index contributed by atoms with van der Waals surface area (Å²) < 4.78 is 31.9. The van der Waals surface area contributed by atoms with Gasteiger partial charge in [-0.25, -0.2) is 13.2 Å². The summed E-state index contributed by atoms with van der Waals surface area (Å²) in [5, 5.41) is 2.69. The van der Waals surface area contributed by atoms with Crippen LogP contribution in [0.1, 0.15) is 31.1 Å². The van der Waals surface area contributed by atoms with Gasteiger partial charge in [-0.05, 0) is 49.4 Å². The first-order valence-corrected chi connectivity index (χ1v) is 11.4. The van der Waals surface area contributed by atoms with Crippen LogP contribution in [-0.2, 0) is 19.6 Å². The number of amides is 1. The maximum Gasteiger partial charge on any atom is 0.338 e. The zero-order chi connectivity index (χ0) is 23.2. The van der Waals surface area contributed by atoms with Gasteiger partial charge in [-0.1, -0.05) is 19.9 Å². The van der Waals surface area contributed by atoms with Crippen molar-refractivity contribution in [1.82, 2.24) is 4.31 Å². The van der Waals surface area contributed by atoms with E-state index >= 15 is 0 Å². The average Bonchev–Trinajstić information content (AvgIpc) is 2.74. The normalized spacial score (nSPS) is 12.3. The Labute approximate surface area is 183 Å². The minimum Gasteiger partial charge on any atom is -0.449 e. The Hall–Kier alpha value is -2.91. The van der Waals surface area contributed by atoms with Crippen molar-refractivity contribution in [2.24, 2.45) is 0 Å². The molecule has 0 saturated heterocycles. The standard InChI is InChI=1S/C22H29N3O5S/c1-6-25(7-2)31(28,29)20-10-8-9-17(15-20)22(27)30-16(3)21(26)23-18-11-13-19(14-12-18)24(4)5/h8-16H,6-7H2,1-5H3,(H,23,26)/t16-/m1/s1. The largest absolute Gasteiger partial charge is 0.449 e. The van der Waals surface area contributed by atoms with Crippen molar-refractivity contribution in [3.05, 3.63) is 54.1 Å². The fourth-order valence-corrected chi connectivity index (χ4v) is 4.37. The molecule has 8 nitrogen and oxygen atoms in total. The Morgan fingerprint density at radius 2 is 1.65 bits per heavy atom. The SMILES string of the molecule is CCN(CC)S(=O)(=O)c1cccc(C(=O)O[C@H](C)C(=O)Nc2ccc(N(C)C)cc2)c1. The molecule has 168 valence electrons. The smallest absolute Gasteiger partial charge is 0.338 e. The monoisotopic (exact) mass is 447 g/mol. The number of rotatable bonds is 9. The number of carbonyl (C=O) groups excluding carboxylic acids is 2.